The van der Waals surface area contributed by atoms with Crippen molar-refractivity contribution >= 4 is 7.60 Å². The van der Waals surface area contributed by atoms with Gasteiger partial charge in [-0.15, -0.1) is 0 Å². The van der Waals surface area contributed by atoms with E-state index in [1.165, 1.54) is 5.56 Å². The summed E-state index contributed by atoms with van der Waals surface area (Å²) in [5.74, 6) is 1.25. The molecular formula is C29H35O5P. The molecule has 3 aromatic rings. The van der Waals surface area contributed by atoms with Gasteiger partial charge in [-0.3, -0.25) is 9.09 Å². The summed E-state index contributed by atoms with van der Waals surface area (Å²) in [6.45, 7) is 10.7. The minimum absolute atomic E-state index is 0.122. The van der Waals surface area contributed by atoms with Gasteiger partial charge in [-0.25, -0.2) is 0 Å². The first-order chi connectivity index (χ1) is 16.6. The van der Waals surface area contributed by atoms with E-state index in [9.17, 15) is 9.67 Å². The average molecular weight is 495 g/mol. The third-order valence-electron chi connectivity index (χ3n) is 6.52. The lowest BCUT2D eigenvalue weighted by molar-refractivity contribution is 0.0725. The van der Waals surface area contributed by atoms with Gasteiger partial charge in [-0.05, 0) is 84.7 Å². The van der Waals surface area contributed by atoms with Gasteiger partial charge in [0.2, 0.25) is 0 Å². The third-order valence-corrected chi connectivity index (χ3v) is 8.12. The summed E-state index contributed by atoms with van der Waals surface area (Å²) < 4.78 is 30.7. The van der Waals surface area contributed by atoms with Crippen molar-refractivity contribution in [1.82, 2.24) is 0 Å². The van der Waals surface area contributed by atoms with Gasteiger partial charge >= 0.3 is 7.60 Å². The molecule has 3 aromatic carbocycles. The zero-order valence-corrected chi connectivity index (χ0v) is 22.1. The van der Waals surface area contributed by atoms with Gasteiger partial charge in [0.05, 0.1) is 12.7 Å². The van der Waals surface area contributed by atoms with Crippen molar-refractivity contribution in [3.8, 4) is 11.5 Å². The van der Waals surface area contributed by atoms with Crippen LogP contribution in [0.15, 0.2) is 54.6 Å². The fourth-order valence-electron chi connectivity index (χ4n) is 4.59. The van der Waals surface area contributed by atoms with Crippen LogP contribution >= 0.6 is 7.60 Å². The standard InChI is InChI=1S/C29H35O5P/c1-19(2)26-16-23(9-10-28(26)30)17-27-21(4)14-25(15-22(27)5)32-18-35(31)33-12-11-29(34-35)24-8-6-7-20(3)13-24/h6-10,13-16,19,29-30H,11-12,17-18H2,1-5H3/t29-,35+/m0/s1. The number of phenolic OH excluding ortho intramolecular Hbond substituents is 1. The molecule has 0 bridgehead atoms. The molecule has 4 rings (SSSR count). The van der Waals surface area contributed by atoms with Crippen LogP contribution in [-0.4, -0.2) is 18.1 Å². The molecule has 35 heavy (non-hydrogen) atoms. The molecule has 1 N–H and O–H groups in total. The molecule has 1 saturated heterocycles. The van der Waals surface area contributed by atoms with Gasteiger partial charge in [-0.1, -0.05) is 55.8 Å². The molecule has 6 heteroatoms. The van der Waals surface area contributed by atoms with Gasteiger partial charge in [0.15, 0.2) is 6.35 Å². The zero-order chi connectivity index (χ0) is 25.2. The number of rotatable bonds is 7. The maximum absolute atomic E-state index is 13.3. The summed E-state index contributed by atoms with van der Waals surface area (Å²) in [5, 5.41) is 10.1. The van der Waals surface area contributed by atoms with Crippen LogP contribution in [0.1, 0.15) is 71.2 Å². The van der Waals surface area contributed by atoms with E-state index in [0.717, 1.165) is 39.8 Å². The van der Waals surface area contributed by atoms with Gasteiger partial charge in [0.1, 0.15) is 11.5 Å². The Kier molecular flexibility index (Phi) is 7.70. The maximum atomic E-state index is 13.3. The molecule has 5 nitrogen and oxygen atoms in total. The van der Waals surface area contributed by atoms with Gasteiger partial charge in [-0.2, -0.15) is 0 Å². The fraction of sp³-hybridized carbons (Fsp3) is 0.379. The average Bonchev–Trinajstić information content (AvgIpc) is 2.81. The highest BCUT2D eigenvalue weighted by molar-refractivity contribution is 7.53. The minimum atomic E-state index is -3.38. The van der Waals surface area contributed by atoms with E-state index in [2.05, 4.69) is 39.8 Å². The first kappa shape index (κ1) is 25.5. The topological polar surface area (TPSA) is 65.0 Å². The van der Waals surface area contributed by atoms with E-state index in [-0.39, 0.29) is 18.4 Å². The van der Waals surface area contributed by atoms with Crippen molar-refractivity contribution in [1.29, 1.82) is 0 Å². The van der Waals surface area contributed by atoms with Crippen LogP contribution in [0.2, 0.25) is 0 Å². The maximum Gasteiger partial charge on any atom is 0.368 e. The normalized spacial score (nSPS) is 20.2. The smallest absolute Gasteiger partial charge is 0.368 e. The van der Waals surface area contributed by atoms with Crippen molar-refractivity contribution in [3.63, 3.8) is 0 Å². The van der Waals surface area contributed by atoms with Crippen LogP contribution < -0.4 is 4.74 Å². The Morgan fingerprint density at radius 3 is 2.49 bits per heavy atom. The van der Waals surface area contributed by atoms with Crippen LogP contribution in [0.4, 0.5) is 0 Å². The molecule has 0 radical (unpaired) electrons. The molecule has 0 saturated carbocycles. The second-order valence-corrected chi connectivity index (χ2v) is 11.7. The predicted molar refractivity (Wildman–Crippen MR) is 140 cm³/mol. The largest absolute Gasteiger partial charge is 0.508 e. The SMILES string of the molecule is Cc1cccc([C@@H]2CCO[P@](=O)(COc3cc(C)c(Cc4ccc(O)c(C(C)C)c4)c(C)c3)O2)c1. The van der Waals surface area contributed by atoms with E-state index in [1.54, 1.807) is 6.07 Å². The molecule has 0 unspecified atom stereocenters. The number of benzene rings is 3. The van der Waals surface area contributed by atoms with E-state index >= 15 is 0 Å². The number of phenols is 1. The van der Waals surface area contributed by atoms with Gasteiger partial charge < -0.3 is 14.4 Å². The van der Waals surface area contributed by atoms with Crippen LogP contribution in [0, 0.1) is 20.8 Å². The second-order valence-electron chi connectivity index (χ2n) is 9.77. The molecule has 1 fully saturated rings. The van der Waals surface area contributed by atoms with Crippen LogP contribution in [-0.2, 0) is 20.0 Å². The van der Waals surface area contributed by atoms with Crippen LogP contribution in [0.5, 0.6) is 11.5 Å². The van der Waals surface area contributed by atoms with Crippen molar-refractivity contribution in [2.24, 2.45) is 0 Å². The Hall–Kier alpha value is -2.59. The molecule has 186 valence electrons. The molecule has 1 aliphatic heterocycles. The lowest BCUT2D eigenvalue weighted by Gasteiger charge is -2.30. The molecule has 2 atom stereocenters. The quantitative estimate of drug-likeness (QED) is 0.340. The van der Waals surface area contributed by atoms with Crippen molar-refractivity contribution in [2.75, 3.05) is 13.0 Å². The third kappa shape index (κ3) is 6.16. The van der Waals surface area contributed by atoms with Crippen molar-refractivity contribution in [3.05, 3.63) is 93.5 Å². The Balaban J connectivity index is 1.45. The molecule has 1 aliphatic rings. The highest BCUT2D eigenvalue weighted by atomic mass is 31.2. The summed E-state index contributed by atoms with van der Waals surface area (Å²) in [5.41, 5.74) is 7.68. The molecule has 1 heterocycles. The predicted octanol–water partition coefficient (Wildman–Crippen LogP) is 7.74. The summed E-state index contributed by atoms with van der Waals surface area (Å²) >= 11 is 0. The van der Waals surface area contributed by atoms with E-state index < -0.39 is 7.60 Å². The monoisotopic (exact) mass is 494 g/mol. The Morgan fingerprint density at radius 1 is 1.06 bits per heavy atom. The lowest BCUT2D eigenvalue weighted by Crippen LogP contribution is -2.17. The molecule has 0 aromatic heterocycles. The zero-order valence-electron chi connectivity index (χ0n) is 21.2. The highest BCUT2D eigenvalue weighted by Crippen LogP contribution is 2.56. The minimum Gasteiger partial charge on any atom is -0.508 e. The Labute approximate surface area is 208 Å². The lowest BCUT2D eigenvalue weighted by atomic mass is 9.93. The number of hydrogen-bond donors (Lipinski definition) is 1. The van der Waals surface area contributed by atoms with Crippen LogP contribution in [0.25, 0.3) is 0 Å². The Bertz CT molecular complexity index is 1230. The molecule has 0 aliphatic carbocycles. The summed E-state index contributed by atoms with van der Waals surface area (Å²) in [6.07, 6.45) is 1.05. The van der Waals surface area contributed by atoms with Gasteiger partial charge in [0.25, 0.3) is 0 Å². The van der Waals surface area contributed by atoms with E-state index in [4.69, 9.17) is 13.8 Å². The second kappa shape index (κ2) is 10.6. The number of hydrogen-bond acceptors (Lipinski definition) is 5. The van der Waals surface area contributed by atoms with E-state index in [1.807, 2.05) is 43.3 Å². The summed E-state index contributed by atoms with van der Waals surface area (Å²) in [7, 11) is -3.38. The van der Waals surface area contributed by atoms with Gasteiger partial charge in [0, 0.05) is 6.42 Å². The first-order valence-corrected chi connectivity index (χ1v) is 13.9. The fourth-order valence-corrected chi connectivity index (χ4v) is 6.09. The molecule has 0 spiro atoms. The van der Waals surface area contributed by atoms with E-state index in [0.29, 0.717) is 24.5 Å². The summed E-state index contributed by atoms with van der Waals surface area (Å²) in [6, 6.07) is 17.8. The van der Waals surface area contributed by atoms with Crippen LogP contribution in [0.3, 0.4) is 0 Å². The van der Waals surface area contributed by atoms with Crippen molar-refractivity contribution in [2.45, 2.75) is 59.5 Å². The number of aromatic hydroxyl groups is 1. The molecule has 0 amide bonds. The number of aryl methyl sites for hydroxylation is 3. The number of ether oxygens (including phenoxy) is 1. The highest BCUT2D eigenvalue weighted by Gasteiger charge is 2.35. The first-order valence-electron chi connectivity index (χ1n) is 12.2. The summed E-state index contributed by atoms with van der Waals surface area (Å²) in [4.78, 5) is 0. The molecular weight excluding hydrogens is 459 g/mol. The van der Waals surface area contributed by atoms with Crippen molar-refractivity contribution < 1.29 is 23.5 Å². The Morgan fingerprint density at radius 2 is 1.80 bits per heavy atom.